The fraction of sp³-hybridized carbons (Fsp3) is 0.226. The number of nitrogens with zero attached hydrogens (tertiary/aromatic N) is 3. The number of hydrazine groups is 1. The number of hydrogen-bond donors (Lipinski definition) is 0. The zero-order valence-corrected chi connectivity index (χ0v) is 24.5. The molecular formula is C31H27N3O9S. The standard InChI is InChI=1S/C31H27N3O9S/c1-19-3-14-25(15-4-19)44(41,42)43-24-12-8-21(9-13-24)28(35)18-32(29(36)22-6-10-23(11-7-22)34(39)40)33-30(37)26-16-5-20(2)17-27(26)31(33)38/h3-15,26-27H,16-18H2,1-2H3/t26-,27-/m0/s1. The number of hydrogen-bond acceptors (Lipinski definition) is 9. The van der Waals surface area contributed by atoms with Gasteiger partial charge >= 0.3 is 10.1 Å². The van der Waals surface area contributed by atoms with Gasteiger partial charge in [-0.1, -0.05) is 29.3 Å². The van der Waals surface area contributed by atoms with Crippen LogP contribution >= 0.6 is 0 Å². The van der Waals surface area contributed by atoms with Gasteiger partial charge in [0.15, 0.2) is 5.78 Å². The number of Topliss-reactive ketones (excluding diaryl/α,β-unsaturated/α-hetero) is 1. The van der Waals surface area contributed by atoms with Gasteiger partial charge in [0, 0.05) is 23.3 Å². The van der Waals surface area contributed by atoms with E-state index >= 15 is 0 Å². The zero-order valence-electron chi connectivity index (χ0n) is 23.7. The van der Waals surface area contributed by atoms with E-state index < -0.39 is 56.9 Å². The Morgan fingerprint density at radius 2 is 1.50 bits per heavy atom. The smallest absolute Gasteiger partial charge is 0.339 e. The highest BCUT2D eigenvalue weighted by molar-refractivity contribution is 7.87. The Balaban J connectivity index is 1.40. The second-order valence-electron chi connectivity index (χ2n) is 10.7. The van der Waals surface area contributed by atoms with Crippen molar-refractivity contribution in [2.45, 2.75) is 31.6 Å². The van der Waals surface area contributed by atoms with E-state index in [1.807, 2.05) is 19.9 Å². The van der Waals surface area contributed by atoms with Gasteiger partial charge in [0.25, 0.3) is 23.4 Å². The summed E-state index contributed by atoms with van der Waals surface area (Å²) in [5.74, 6) is -4.17. The Morgan fingerprint density at radius 3 is 2.11 bits per heavy atom. The van der Waals surface area contributed by atoms with Gasteiger partial charge < -0.3 is 4.18 Å². The van der Waals surface area contributed by atoms with Crippen molar-refractivity contribution in [1.29, 1.82) is 0 Å². The van der Waals surface area contributed by atoms with Gasteiger partial charge in [-0.3, -0.25) is 29.3 Å². The molecule has 44 heavy (non-hydrogen) atoms. The van der Waals surface area contributed by atoms with Gasteiger partial charge in [-0.25, -0.2) is 5.01 Å². The van der Waals surface area contributed by atoms with E-state index in [0.717, 1.165) is 33.3 Å². The monoisotopic (exact) mass is 617 g/mol. The number of allylic oxidation sites excluding steroid dienone is 2. The van der Waals surface area contributed by atoms with Crippen molar-refractivity contribution in [2.75, 3.05) is 6.54 Å². The van der Waals surface area contributed by atoms with Crippen molar-refractivity contribution < 1.29 is 36.7 Å². The topological polar surface area (TPSA) is 161 Å². The minimum Gasteiger partial charge on any atom is -0.379 e. The van der Waals surface area contributed by atoms with Crippen molar-refractivity contribution in [1.82, 2.24) is 10.0 Å². The van der Waals surface area contributed by atoms with Gasteiger partial charge in [0.05, 0.1) is 16.8 Å². The van der Waals surface area contributed by atoms with Crippen LogP contribution in [-0.4, -0.2) is 53.4 Å². The van der Waals surface area contributed by atoms with Crippen LogP contribution in [0.2, 0.25) is 0 Å². The van der Waals surface area contributed by atoms with Gasteiger partial charge in [-0.05, 0) is 75.2 Å². The van der Waals surface area contributed by atoms with E-state index in [1.54, 1.807) is 12.1 Å². The Bertz CT molecular complexity index is 1800. The largest absolute Gasteiger partial charge is 0.379 e. The number of nitro benzene ring substituents is 1. The highest BCUT2D eigenvalue weighted by Crippen LogP contribution is 2.38. The minimum absolute atomic E-state index is 0.0467. The highest BCUT2D eigenvalue weighted by Gasteiger charge is 2.51. The molecule has 0 spiro atoms. The lowest BCUT2D eigenvalue weighted by atomic mass is 9.82. The van der Waals surface area contributed by atoms with Crippen LogP contribution < -0.4 is 4.18 Å². The summed E-state index contributed by atoms with van der Waals surface area (Å²) in [4.78, 5) is 64.4. The Hall–Kier alpha value is -5.17. The second kappa shape index (κ2) is 11.8. The molecule has 0 saturated carbocycles. The van der Waals surface area contributed by atoms with Crippen molar-refractivity contribution in [3.8, 4) is 5.75 Å². The molecule has 0 bridgehead atoms. The van der Waals surface area contributed by atoms with E-state index in [9.17, 15) is 37.7 Å². The third-order valence-electron chi connectivity index (χ3n) is 7.59. The van der Waals surface area contributed by atoms with E-state index in [4.69, 9.17) is 4.18 Å². The van der Waals surface area contributed by atoms with E-state index in [0.29, 0.717) is 12.8 Å². The van der Waals surface area contributed by atoms with Crippen LogP contribution in [0.3, 0.4) is 0 Å². The van der Waals surface area contributed by atoms with Crippen molar-refractivity contribution in [2.24, 2.45) is 11.8 Å². The van der Waals surface area contributed by atoms with Crippen LogP contribution in [0.25, 0.3) is 0 Å². The third kappa shape index (κ3) is 5.99. The van der Waals surface area contributed by atoms with Crippen molar-refractivity contribution in [3.63, 3.8) is 0 Å². The third-order valence-corrected chi connectivity index (χ3v) is 8.85. The number of aryl methyl sites for hydroxylation is 1. The first kappa shape index (κ1) is 30.3. The molecule has 226 valence electrons. The molecule has 2 aliphatic rings. The summed E-state index contributed by atoms with van der Waals surface area (Å²) >= 11 is 0. The minimum atomic E-state index is -4.14. The molecule has 2 atom stereocenters. The van der Waals surface area contributed by atoms with Crippen molar-refractivity contribution >= 4 is 39.3 Å². The fourth-order valence-electron chi connectivity index (χ4n) is 5.17. The lowest BCUT2D eigenvalue weighted by molar-refractivity contribution is -0.384. The number of carbonyl (C=O) groups excluding carboxylic acids is 4. The molecule has 12 nitrogen and oxygen atoms in total. The van der Waals surface area contributed by atoms with Gasteiger partial charge in [-0.15, -0.1) is 0 Å². The predicted octanol–water partition coefficient (Wildman–Crippen LogP) is 4.25. The summed E-state index contributed by atoms with van der Waals surface area (Å²) in [5, 5.41) is 12.6. The van der Waals surface area contributed by atoms with Crippen LogP contribution in [0, 0.1) is 28.9 Å². The molecule has 1 fully saturated rings. The first-order valence-electron chi connectivity index (χ1n) is 13.6. The maximum atomic E-state index is 13.7. The first-order valence-corrected chi connectivity index (χ1v) is 15.0. The molecule has 3 aromatic rings. The summed E-state index contributed by atoms with van der Waals surface area (Å²) < 4.78 is 30.5. The molecule has 1 aliphatic heterocycles. The van der Waals surface area contributed by atoms with Gasteiger partial charge in [0.2, 0.25) is 0 Å². The van der Waals surface area contributed by atoms with E-state index in [2.05, 4.69) is 0 Å². The van der Waals surface area contributed by atoms with Crippen LogP contribution in [-0.2, 0) is 19.7 Å². The molecular weight excluding hydrogens is 590 g/mol. The van der Waals surface area contributed by atoms with Gasteiger partial charge in [0.1, 0.15) is 17.2 Å². The van der Waals surface area contributed by atoms with Crippen molar-refractivity contribution in [3.05, 3.63) is 111 Å². The van der Waals surface area contributed by atoms with E-state index in [1.165, 1.54) is 48.5 Å². The Kier molecular flexibility index (Phi) is 8.15. The lowest BCUT2D eigenvalue weighted by Gasteiger charge is -2.30. The molecule has 0 radical (unpaired) electrons. The predicted molar refractivity (Wildman–Crippen MR) is 156 cm³/mol. The molecule has 5 rings (SSSR count). The average Bonchev–Trinajstić information content (AvgIpc) is 3.24. The number of amides is 3. The zero-order chi connectivity index (χ0) is 31.8. The summed E-state index contributed by atoms with van der Waals surface area (Å²) in [6, 6.07) is 15.8. The second-order valence-corrected chi connectivity index (χ2v) is 12.2. The number of rotatable bonds is 9. The Labute approximate surface area is 252 Å². The summed E-state index contributed by atoms with van der Waals surface area (Å²) in [6.07, 6.45) is 2.52. The molecule has 3 amide bonds. The highest BCUT2D eigenvalue weighted by atomic mass is 32.2. The van der Waals surface area contributed by atoms with Crippen LogP contribution in [0.4, 0.5) is 5.69 Å². The number of non-ortho nitro benzene ring substituents is 1. The fourth-order valence-corrected chi connectivity index (χ4v) is 6.10. The quantitative estimate of drug-likeness (QED) is 0.0853. The molecule has 0 aromatic heterocycles. The molecule has 0 N–H and O–H groups in total. The molecule has 1 saturated heterocycles. The molecule has 3 aromatic carbocycles. The average molecular weight is 618 g/mol. The molecule has 1 aliphatic carbocycles. The lowest BCUT2D eigenvalue weighted by Crippen LogP contribution is -2.52. The Morgan fingerprint density at radius 1 is 0.909 bits per heavy atom. The molecule has 13 heteroatoms. The number of fused-ring (bicyclic) bond motifs is 1. The summed E-state index contributed by atoms with van der Waals surface area (Å²) in [7, 11) is -4.14. The van der Waals surface area contributed by atoms with Gasteiger partial charge in [-0.2, -0.15) is 13.4 Å². The number of ketones is 1. The first-order chi connectivity index (χ1) is 20.9. The maximum Gasteiger partial charge on any atom is 0.339 e. The van der Waals surface area contributed by atoms with Crippen LogP contribution in [0.1, 0.15) is 46.0 Å². The van der Waals surface area contributed by atoms with Crippen LogP contribution in [0.15, 0.2) is 89.3 Å². The maximum absolute atomic E-state index is 13.7. The van der Waals surface area contributed by atoms with Crippen LogP contribution in [0.5, 0.6) is 5.75 Å². The number of benzene rings is 3. The number of carbonyl (C=O) groups is 4. The summed E-state index contributed by atoms with van der Waals surface area (Å²) in [6.45, 7) is 2.95. The normalized spacial score (nSPS) is 18.0. The summed E-state index contributed by atoms with van der Waals surface area (Å²) in [5.41, 5.74) is 1.52. The van der Waals surface area contributed by atoms with E-state index in [-0.39, 0.29) is 27.5 Å². The number of imide groups is 1. The molecule has 0 unspecified atom stereocenters. The number of nitro groups is 1. The SMILES string of the molecule is CC1=CC[C@@H]2C(=O)N(N(CC(=O)c3ccc(OS(=O)(=O)c4ccc(C)cc4)cc3)C(=O)c3ccc([N+](=O)[O-])cc3)C(=O)[C@H]2C1. The molecule has 1 heterocycles.